The second-order valence-electron chi connectivity index (χ2n) is 5.12. The summed E-state index contributed by atoms with van der Waals surface area (Å²) in [6.45, 7) is 7.66. The van der Waals surface area contributed by atoms with Crippen molar-refractivity contribution in [1.29, 1.82) is 0 Å². The number of carbonyl (C=O) groups is 2. The fourth-order valence-electron chi connectivity index (χ4n) is 2.47. The van der Waals surface area contributed by atoms with Crippen molar-refractivity contribution < 1.29 is 9.59 Å². The molecule has 0 aromatic heterocycles. The van der Waals surface area contributed by atoms with E-state index in [1.807, 2.05) is 18.7 Å². The van der Waals surface area contributed by atoms with Crippen LogP contribution in [0.15, 0.2) is 0 Å². The lowest BCUT2D eigenvalue weighted by molar-refractivity contribution is -0.138. The first-order valence-electron chi connectivity index (χ1n) is 7.16. The molecule has 0 aliphatic carbocycles. The van der Waals surface area contributed by atoms with Crippen molar-refractivity contribution in [2.75, 3.05) is 19.3 Å². The smallest absolute Gasteiger partial charge is 0.246 e. The van der Waals surface area contributed by atoms with Crippen LogP contribution in [0.4, 0.5) is 0 Å². The van der Waals surface area contributed by atoms with Crippen molar-refractivity contribution in [1.82, 2.24) is 10.2 Å². The van der Waals surface area contributed by atoms with E-state index in [-0.39, 0.29) is 22.6 Å². The zero-order valence-electron chi connectivity index (χ0n) is 12.5. The van der Waals surface area contributed by atoms with Gasteiger partial charge in [0, 0.05) is 17.8 Å². The summed E-state index contributed by atoms with van der Waals surface area (Å²) in [6.07, 6.45) is 5.37. The second kappa shape index (κ2) is 7.29. The molecule has 0 spiro atoms. The highest BCUT2D eigenvalue weighted by Gasteiger charge is 2.38. The SMILES string of the molecule is CCCN1C(=O)CC(NCC(CC)(CC)SC)C1=O. The van der Waals surface area contributed by atoms with Crippen LogP contribution in [-0.2, 0) is 9.59 Å². The third-order valence-corrected chi connectivity index (χ3v) is 5.67. The molecule has 19 heavy (non-hydrogen) atoms. The summed E-state index contributed by atoms with van der Waals surface area (Å²) in [6, 6.07) is -0.316. The quantitative estimate of drug-likeness (QED) is 0.694. The number of hydrogen-bond acceptors (Lipinski definition) is 4. The molecular weight excluding hydrogens is 260 g/mol. The molecule has 0 saturated carbocycles. The van der Waals surface area contributed by atoms with Gasteiger partial charge in [-0.25, -0.2) is 0 Å². The number of carbonyl (C=O) groups excluding carboxylic acids is 2. The van der Waals surface area contributed by atoms with E-state index in [1.165, 1.54) is 4.90 Å². The molecule has 2 amide bonds. The van der Waals surface area contributed by atoms with Crippen molar-refractivity contribution >= 4 is 23.6 Å². The van der Waals surface area contributed by atoms with Crippen LogP contribution in [0.2, 0.25) is 0 Å². The minimum Gasteiger partial charge on any atom is -0.304 e. The number of thioether (sulfide) groups is 1. The van der Waals surface area contributed by atoms with Crippen LogP contribution in [0.25, 0.3) is 0 Å². The number of nitrogens with zero attached hydrogens (tertiary/aromatic N) is 1. The van der Waals surface area contributed by atoms with E-state index < -0.39 is 0 Å². The lowest BCUT2D eigenvalue weighted by Crippen LogP contribution is -2.45. The lowest BCUT2D eigenvalue weighted by Gasteiger charge is -2.31. The molecule has 1 saturated heterocycles. The molecule has 1 heterocycles. The fraction of sp³-hybridized carbons (Fsp3) is 0.857. The summed E-state index contributed by atoms with van der Waals surface area (Å²) in [5, 5.41) is 3.31. The van der Waals surface area contributed by atoms with Crippen molar-refractivity contribution in [3.63, 3.8) is 0 Å². The van der Waals surface area contributed by atoms with Gasteiger partial charge in [0.1, 0.15) is 0 Å². The number of rotatable bonds is 8. The van der Waals surface area contributed by atoms with Crippen LogP contribution in [0.1, 0.15) is 46.5 Å². The summed E-state index contributed by atoms with van der Waals surface area (Å²) in [5.41, 5.74) is 0. The molecule has 0 aromatic carbocycles. The highest BCUT2D eigenvalue weighted by molar-refractivity contribution is 8.00. The largest absolute Gasteiger partial charge is 0.304 e. The second-order valence-corrected chi connectivity index (χ2v) is 6.39. The van der Waals surface area contributed by atoms with E-state index in [0.717, 1.165) is 25.8 Å². The van der Waals surface area contributed by atoms with Gasteiger partial charge in [0.05, 0.1) is 12.5 Å². The zero-order valence-corrected chi connectivity index (χ0v) is 13.3. The van der Waals surface area contributed by atoms with E-state index in [2.05, 4.69) is 25.4 Å². The third kappa shape index (κ3) is 3.72. The van der Waals surface area contributed by atoms with Gasteiger partial charge in [-0.3, -0.25) is 14.5 Å². The van der Waals surface area contributed by atoms with Crippen molar-refractivity contribution in [3.05, 3.63) is 0 Å². The van der Waals surface area contributed by atoms with Gasteiger partial charge in [0.15, 0.2) is 0 Å². The summed E-state index contributed by atoms with van der Waals surface area (Å²) in [7, 11) is 0. The first-order valence-corrected chi connectivity index (χ1v) is 8.38. The summed E-state index contributed by atoms with van der Waals surface area (Å²) >= 11 is 1.84. The van der Waals surface area contributed by atoms with Gasteiger partial charge in [-0.1, -0.05) is 20.8 Å². The Morgan fingerprint density at radius 3 is 2.42 bits per heavy atom. The monoisotopic (exact) mass is 286 g/mol. The Bertz CT molecular complexity index is 321. The molecule has 1 aliphatic heterocycles. The van der Waals surface area contributed by atoms with Crippen LogP contribution in [0.3, 0.4) is 0 Å². The Hall–Kier alpha value is -0.550. The molecule has 1 rings (SSSR count). The average molecular weight is 286 g/mol. The van der Waals surface area contributed by atoms with Gasteiger partial charge < -0.3 is 5.32 Å². The number of hydrogen-bond donors (Lipinski definition) is 1. The van der Waals surface area contributed by atoms with Gasteiger partial charge in [-0.15, -0.1) is 0 Å². The average Bonchev–Trinajstić information content (AvgIpc) is 2.69. The molecule has 1 unspecified atom stereocenters. The minimum absolute atomic E-state index is 0.0351. The summed E-state index contributed by atoms with van der Waals surface area (Å²) < 4.78 is 0.168. The molecule has 1 fully saturated rings. The number of likely N-dealkylation sites (tertiary alicyclic amines) is 1. The maximum absolute atomic E-state index is 12.1. The zero-order chi connectivity index (χ0) is 14.5. The third-order valence-electron chi connectivity index (χ3n) is 4.08. The predicted molar refractivity (Wildman–Crippen MR) is 80.2 cm³/mol. The Kier molecular flexibility index (Phi) is 6.33. The summed E-state index contributed by atoms with van der Waals surface area (Å²) in [4.78, 5) is 25.3. The molecule has 0 aromatic rings. The minimum atomic E-state index is -0.316. The standard InChI is InChI=1S/C14H26N2O2S/c1-5-8-16-12(17)9-11(13(16)18)15-10-14(6-2,7-3)19-4/h11,15H,5-10H2,1-4H3. The molecule has 4 nitrogen and oxygen atoms in total. The number of amides is 2. The van der Waals surface area contributed by atoms with Gasteiger partial charge in [-0.2, -0.15) is 11.8 Å². The van der Waals surface area contributed by atoms with Crippen LogP contribution in [0, 0.1) is 0 Å². The normalized spacial score (nSPS) is 20.4. The molecule has 1 N–H and O–H groups in total. The Morgan fingerprint density at radius 2 is 1.95 bits per heavy atom. The number of imide groups is 1. The van der Waals surface area contributed by atoms with Crippen LogP contribution in [-0.4, -0.2) is 46.8 Å². The lowest BCUT2D eigenvalue weighted by atomic mass is 10.0. The van der Waals surface area contributed by atoms with Gasteiger partial charge in [-0.05, 0) is 25.5 Å². The maximum Gasteiger partial charge on any atom is 0.246 e. The topological polar surface area (TPSA) is 49.4 Å². The van der Waals surface area contributed by atoms with Crippen LogP contribution in [0.5, 0.6) is 0 Å². The van der Waals surface area contributed by atoms with Gasteiger partial charge >= 0.3 is 0 Å². The Balaban J connectivity index is 2.59. The van der Waals surface area contributed by atoms with E-state index in [1.54, 1.807) is 0 Å². The van der Waals surface area contributed by atoms with E-state index in [4.69, 9.17) is 0 Å². The maximum atomic E-state index is 12.1. The highest BCUT2D eigenvalue weighted by atomic mass is 32.2. The van der Waals surface area contributed by atoms with E-state index in [9.17, 15) is 9.59 Å². The summed E-state index contributed by atoms with van der Waals surface area (Å²) in [5.74, 6) is -0.0823. The van der Waals surface area contributed by atoms with Crippen molar-refractivity contribution in [3.8, 4) is 0 Å². The Labute approximate surface area is 120 Å². The molecule has 0 radical (unpaired) electrons. The van der Waals surface area contributed by atoms with E-state index in [0.29, 0.717) is 13.0 Å². The van der Waals surface area contributed by atoms with Crippen LogP contribution >= 0.6 is 11.8 Å². The van der Waals surface area contributed by atoms with Gasteiger partial charge in [0.25, 0.3) is 0 Å². The molecule has 5 heteroatoms. The van der Waals surface area contributed by atoms with Crippen LogP contribution < -0.4 is 5.32 Å². The van der Waals surface area contributed by atoms with Crippen molar-refractivity contribution in [2.24, 2.45) is 0 Å². The predicted octanol–water partition coefficient (Wildman–Crippen LogP) is 2.04. The Morgan fingerprint density at radius 1 is 1.32 bits per heavy atom. The fourth-order valence-corrected chi connectivity index (χ4v) is 3.28. The molecule has 1 atom stereocenters. The molecule has 0 bridgehead atoms. The van der Waals surface area contributed by atoms with E-state index >= 15 is 0 Å². The molecular formula is C14H26N2O2S. The molecule has 1 aliphatic rings. The van der Waals surface area contributed by atoms with Crippen molar-refractivity contribution in [2.45, 2.75) is 57.2 Å². The van der Waals surface area contributed by atoms with Gasteiger partial charge in [0.2, 0.25) is 11.8 Å². The first-order chi connectivity index (χ1) is 9.03. The first kappa shape index (κ1) is 16.5. The highest BCUT2D eigenvalue weighted by Crippen LogP contribution is 2.30. The molecule has 110 valence electrons. The number of nitrogens with one attached hydrogen (secondary N) is 1.